The van der Waals surface area contributed by atoms with E-state index in [9.17, 15) is 4.79 Å². The Morgan fingerprint density at radius 3 is 2.44 bits per heavy atom. The Morgan fingerprint density at radius 1 is 1.56 bits per heavy atom. The molecule has 3 heteroatoms. The van der Waals surface area contributed by atoms with E-state index < -0.39 is 0 Å². The molecule has 3 aliphatic heterocycles. The van der Waals surface area contributed by atoms with Crippen molar-refractivity contribution in [2.45, 2.75) is 12.5 Å². The van der Waals surface area contributed by atoms with Crippen LogP contribution in [0.25, 0.3) is 0 Å². The Labute approximate surface area is 53.8 Å². The summed E-state index contributed by atoms with van der Waals surface area (Å²) < 4.78 is 0. The van der Waals surface area contributed by atoms with E-state index in [1.165, 1.54) is 0 Å². The van der Waals surface area contributed by atoms with E-state index in [4.69, 9.17) is 5.73 Å². The van der Waals surface area contributed by atoms with E-state index in [0.29, 0.717) is 0 Å². The largest absolute Gasteiger partial charge is 0.368 e. The molecule has 1 amide bonds. The van der Waals surface area contributed by atoms with Gasteiger partial charge in [-0.15, -0.1) is 0 Å². The molecule has 0 aromatic heterocycles. The molecule has 3 fully saturated rings. The molecule has 0 saturated carbocycles. The molecule has 3 heterocycles. The maximum absolute atomic E-state index is 10.6. The van der Waals surface area contributed by atoms with Crippen molar-refractivity contribution >= 4 is 5.91 Å². The van der Waals surface area contributed by atoms with E-state index in [-0.39, 0.29) is 11.9 Å². The highest BCUT2D eigenvalue weighted by atomic mass is 16.1. The first kappa shape index (κ1) is 5.23. The van der Waals surface area contributed by atoms with E-state index in [2.05, 4.69) is 4.90 Å². The van der Waals surface area contributed by atoms with E-state index >= 15 is 0 Å². The summed E-state index contributed by atoms with van der Waals surface area (Å²) in [7, 11) is 0. The zero-order valence-corrected chi connectivity index (χ0v) is 5.21. The summed E-state index contributed by atoms with van der Waals surface area (Å²) >= 11 is 0. The smallest absolute Gasteiger partial charge is 0.234 e. The number of carbonyl (C=O) groups is 1. The van der Waals surface area contributed by atoms with Gasteiger partial charge in [-0.3, -0.25) is 9.69 Å². The lowest BCUT2D eigenvalue weighted by Gasteiger charge is -2.28. The topological polar surface area (TPSA) is 46.3 Å². The summed E-state index contributed by atoms with van der Waals surface area (Å²) in [5.74, 6) is 0.637. The van der Waals surface area contributed by atoms with E-state index in [1.54, 1.807) is 0 Å². The van der Waals surface area contributed by atoms with E-state index in [0.717, 1.165) is 25.4 Å². The van der Waals surface area contributed by atoms with Gasteiger partial charge in [0, 0.05) is 13.1 Å². The van der Waals surface area contributed by atoms with Gasteiger partial charge in [-0.05, 0) is 12.3 Å². The van der Waals surface area contributed by atoms with Crippen molar-refractivity contribution in [1.29, 1.82) is 0 Å². The van der Waals surface area contributed by atoms with Crippen molar-refractivity contribution < 1.29 is 4.79 Å². The highest BCUT2D eigenvalue weighted by Crippen LogP contribution is 2.33. The molecule has 2 N–H and O–H groups in total. The van der Waals surface area contributed by atoms with Crippen LogP contribution in [0, 0.1) is 5.92 Å². The average Bonchev–Trinajstić information content (AvgIpc) is 2.12. The van der Waals surface area contributed by atoms with Crippen molar-refractivity contribution in [3.8, 4) is 0 Å². The molecule has 1 unspecified atom stereocenters. The molecule has 50 valence electrons. The fourth-order valence-electron chi connectivity index (χ4n) is 1.77. The third-order valence-electron chi connectivity index (χ3n) is 2.31. The van der Waals surface area contributed by atoms with Crippen LogP contribution in [0.4, 0.5) is 0 Å². The molecule has 3 rings (SSSR count). The lowest BCUT2D eigenvalue weighted by atomic mass is 10.1. The van der Waals surface area contributed by atoms with Crippen molar-refractivity contribution in [1.82, 2.24) is 4.90 Å². The van der Waals surface area contributed by atoms with Crippen molar-refractivity contribution in [2.75, 3.05) is 13.1 Å². The fraction of sp³-hybridized carbons (Fsp3) is 0.833. The van der Waals surface area contributed by atoms with Crippen molar-refractivity contribution in [2.24, 2.45) is 11.7 Å². The van der Waals surface area contributed by atoms with Gasteiger partial charge in [0.2, 0.25) is 5.91 Å². The van der Waals surface area contributed by atoms with E-state index in [1.807, 2.05) is 0 Å². The number of primary amides is 1. The third-order valence-corrected chi connectivity index (χ3v) is 2.31. The van der Waals surface area contributed by atoms with Gasteiger partial charge in [0.05, 0.1) is 6.04 Å². The van der Waals surface area contributed by atoms with Gasteiger partial charge in [0.1, 0.15) is 0 Å². The van der Waals surface area contributed by atoms with Gasteiger partial charge in [-0.25, -0.2) is 0 Å². The second-order valence-corrected chi connectivity index (χ2v) is 2.97. The van der Waals surface area contributed by atoms with Crippen molar-refractivity contribution in [3.05, 3.63) is 0 Å². The summed E-state index contributed by atoms with van der Waals surface area (Å²) in [5.41, 5.74) is 5.13. The molecule has 3 saturated heterocycles. The standard InChI is InChI=1S/C6H10N2O/c7-6(9)5-1-4-2-8(5)3-4/h4-5H,1-3H2,(H2,7,9). The van der Waals surface area contributed by atoms with Crippen LogP contribution in [0.1, 0.15) is 6.42 Å². The molecule has 0 aromatic carbocycles. The molecular formula is C6H10N2O. The minimum absolute atomic E-state index is 0.0787. The minimum atomic E-state index is -0.144. The summed E-state index contributed by atoms with van der Waals surface area (Å²) in [6.07, 6.45) is 1.01. The Kier molecular flexibility index (Phi) is 0.858. The number of rotatable bonds is 1. The number of nitrogens with two attached hydrogens (primary N) is 1. The predicted molar refractivity (Wildman–Crippen MR) is 32.7 cm³/mol. The first-order valence-electron chi connectivity index (χ1n) is 3.31. The number of fused-ring (bicyclic) bond motifs is 1. The summed E-state index contributed by atoms with van der Waals surface area (Å²) in [6, 6.07) is 0.0787. The lowest BCUT2D eigenvalue weighted by molar-refractivity contribution is -0.122. The maximum Gasteiger partial charge on any atom is 0.234 e. The number of hydrogen-bond acceptors (Lipinski definition) is 2. The lowest BCUT2D eigenvalue weighted by Crippen LogP contribution is -2.44. The Bertz CT molecular complexity index is 151. The Hall–Kier alpha value is -0.570. The molecule has 0 radical (unpaired) electrons. The molecule has 0 spiro atoms. The van der Waals surface area contributed by atoms with Gasteiger partial charge in [0.25, 0.3) is 0 Å². The number of hydrogen-bond donors (Lipinski definition) is 1. The monoisotopic (exact) mass is 126 g/mol. The summed E-state index contributed by atoms with van der Waals surface area (Å²) in [5, 5.41) is 0. The zero-order valence-electron chi connectivity index (χ0n) is 5.21. The first-order valence-corrected chi connectivity index (χ1v) is 3.31. The van der Waals surface area contributed by atoms with Gasteiger partial charge in [-0.2, -0.15) is 0 Å². The van der Waals surface area contributed by atoms with Crippen LogP contribution in [0.5, 0.6) is 0 Å². The summed E-state index contributed by atoms with van der Waals surface area (Å²) in [6.45, 7) is 2.21. The third kappa shape index (κ3) is 0.580. The quantitative estimate of drug-likeness (QED) is 0.498. The number of nitrogens with zero attached hydrogens (tertiary/aromatic N) is 1. The van der Waals surface area contributed by atoms with Crippen molar-refractivity contribution in [3.63, 3.8) is 0 Å². The first-order chi connectivity index (χ1) is 4.27. The molecule has 1 atom stereocenters. The average molecular weight is 126 g/mol. The van der Waals surface area contributed by atoms with Gasteiger partial charge in [0.15, 0.2) is 0 Å². The van der Waals surface area contributed by atoms with Crippen LogP contribution in [-0.2, 0) is 4.79 Å². The molecule has 0 aliphatic carbocycles. The highest BCUT2D eigenvalue weighted by Gasteiger charge is 2.44. The van der Waals surface area contributed by atoms with Crippen LogP contribution in [0.3, 0.4) is 0 Å². The van der Waals surface area contributed by atoms with Crippen LogP contribution < -0.4 is 5.73 Å². The number of amides is 1. The minimum Gasteiger partial charge on any atom is -0.368 e. The predicted octanol–water partition coefficient (Wildman–Crippen LogP) is -0.824. The zero-order chi connectivity index (χ0) is 6.43. The number of carbonyl (C=O) groups excluding carboxylic acids is 1. The van der Waals surface area contributed by atoms with Crippen LogP contribution in [0.2, 0.25) is 0 Å². The van der Waals surface area contributed by atoms with Crippen LogP contribution in [-0.4, -0.2) is 29.9 Å². The van der Waals surface area contributed by atoms with Crippen LogP contribution >= 0.6 is 0 Å². The molecule has 9 heavy (non-hydrogen) atoms. The second kappa shape index (κ2) is 1.48. The highest BCUT2D eigenvalue weighted by molar-refractivity contribution is 5.80. The van der Waals surface area contributed by atoms with Crippen LogP contribution in [0.15, 0.2) is 0 Å². The second-order valence-electron chi connectivity index (χ2n) is 2.97. The van der Waals surface area contributed by atoms with Gasteiger partial charge < -0.3 is 5.73 Å². The Morgan fingerprint density at radius 2 is 2.22 bits per heavy atom. The molecule has 2 bridgehead atoms. The SMILES string of the molecule is NC(=O)C1CC2CN1C2. The molecule has 3 aliphatic rings. The van der Waals surface area contributed by atoms with Gasteiger partial charge in [-0.1, -0.05) is 0 Å². The normalized spacial score (nSPS) is 46.4. The maximum atomic E-state index is 10.6. The van der Waals surface area contributed by atoms with Gasteiger partial charge >= 0.3 is 0 Å². The fourth-order valence-corrected chi connectivity index (χ4v) is 1.77. The Balaban J connectivity index is 2.08. The summed E-state index contributed by atoms with van der Waals surface area (Å²) in [4.78, 5) is 12.8. The molecule has 0 aromatic rings. The molecule has 3 nitrogen and oxygen atoms in total. The molecular weight excluding hydrogens is 116 g/mol.